The summed E-state index contributed by atoms with van der Waals surface area (Å²) >= 11 is 3.54. The van der Waals surface area contributed by atoms with Crippen LogP contribution in [0.5, 0.6) is 11.5 Å². The van der Waals surface area contributed by atoms with Gasteiger partial charge >= 0.3 is 0 Å². The molecule has 0 saturated heterocycles. The molecule has 7 heteroatoms. The quantitative estimate of drug-likeness (QED) is 0.269. The number of guanidine groups is 1. The van der Waals surface area contributed by atoms with Gasteiger partial charge in [-0.3, -0.25) is 0 Å². The molecule has 0 unspecified atom stereocenters. The van der Waals surface area contributed by atoms with Crippen molar-refractivity contribution in [3.8, 4) is 11.5 Å². The highest BCUT2D eigenvalue weighted by Crippen LogP contribution is 2.33. The van der Waals surface area contributed by atoms with E-state index in [4.69, 9.17) is 15.2 Å². The summed E-state index contributed by atoms with van der Waals surface area (Å²) in [5, 5.41) is 3.36. The summed E-state index contributed by atoms with van der Waals surface area (Å²) in [5.74, 6) is 1.89. The van der Waals surface area contributed by atoms with Gasteiger partial charge in [-0.25, -0.2) is 4.99 Å². The molecule has 24 heavy (non-hydrogen) atoms. The molecule has 0 radical (unpaired) electrons. The van der Waals surface area contributed by atoms with Crippen molar-refractivity contribution < 1.29 is 9.47 Å². The molecule has 0 aromatic heterocycles. The minimum Gasteiger partial charge on any atom is -0.493 e. The first-order valence-corrected chi connectivity index (χ1v) is 8.90. The maximum Gasteiger partial charge on any atom is 0.189 e. The summed E-state index contributed by atoms with van der Waals surface area (Å²) in [7, 11) is 3.25. The second-order valence-electron chi connectivity index (χ2n) is 5.83. The number of methoxy groups -OCH3 is 2. The lowest BCUT2D eigenvalue weighted by Gasteiger charge is -2.17. The third-order valence-corrected chi connectivity index (χ3v) is 4.92. The summed E-state index contributed by atoms with van der Waals surface area (Å²) in [6.45, 7) is 0.493. The number of benzene rings is 1. The predicted octanol–water partition coefficient (Wildman–Crippen LogP) is 4.21. The summed E-state index contributed by atoms with van der Waals surface area (Å²) in [6.07, 6.45) is 7.55. The molecule has 1 saturated carbocycles. The second kappa shape index (κ2) is 11.0. The van der Waals surface area contributed by atoms with Gasteiger partial charge in [-0.1, -0.05) is 41.6 Å². The lowest BCUT2D eigenvalue weighted by Crippen LogP contribution is -2.39. The van der Waals surface area contributed by atoms with Crippen LogP contribution < -0.4 is 20.5 Å². The van der Waals surface area contributed by atoms with Gasteiger partial charge in [0.1, 0.15) is 0 Å². The Morgan fingerprint density at radius 3 is 2.33 bits per heavy atom. The molecule has 1 aliphatic rings. The third-order valence-electron chi connectivity index (χ3n) is 4.18. The molecule has 5 nitrogen and oxygen atoms in total. The standard InChI is InChI=1S/C17H26BrN3O2.HI/c1-22-15-9-12(14(18)10-16(15)23-2)11-20-17(19)21-13-7-5-3-4-6-8-13;/h9-10,13H,3-8,11H2,1-2H3,(H3,19,20,21);1H. The molecule has 0 bridgehead atoms. The zero-order valence-electron chi connectivity index (χ0n) is 14.3. The van der Waals surface area contributed by atoms with Crippen LogP contribution in [-0.4, -0.2) is 26.2 Å². The molecule has 3 N–H and O–H groups in total. The summed E-state index contributed by atoms with van der Waals surface area (Å²) in [6, 6.07) is 4.26. The van der Waals surface area contributed by atoms with Crippen molar-refractivity contribution >= 4 is 45.9 Å². The van der Waals surface area contributed by atoms with Gasteiger partial charge in [0, 0.05) is 10.5 Å². The van der Waals surface area contributed by atoms with Crippen molar-refractivity contribution in [2.75, 3.05) is 14.2 Å². The fourth-order valence-electron chi connectivity index (χ4n) is 2.87. The van der Waals surface area contributed by atoms with Gasteiger partial charge < -0.3 is 20.5 Å². The second-order valence-corrected chi connectivity index (χ2v) is 6.69. The van der Waals surface area contributed by atoms with Gasteiger partial charge in [-0.05, 0) is 30.5 Å². The Labute approximate surface area is 169 Å². The first-order valence-electron chi connectivity index (χ1n) is 8.11. The van der Waals surface area contributed by atoms with Gasteiger partial charge in [0.25, 0.3) is 0 Å². The van der Waals surface area contributed by atoms with E-state index in [0.717, 1.165) is 10.0 Å². The van der Waals surface area contributed by atoms with Gasteiger partial charge in [-0.2, -0.15) is 0 Å². The van der Waals surface area contributed by atoms with Crippen LogP contribution in [0, 0.1) is 0 Å². The van der Waals surface area contributed by atoms with Crippen molar-refractivity contribution in [3.63, 3.8) is 0 Å². The molecule has 0 atom stereocenters. The first-order chi connectivity index (χ1) is 11.1. The molecule has 0 aliphatic heterocycles. The van der Waals surface area contributed by atoms with Crippen LogP contribution in [0.3, 0.4) is 0 Å². The Morgan fingerprint density at radius 2 is 1.75 bits per heavy atom. The SMILES string of the molecule is COc1cc(Br)c(CN=C(N)NC2CCCCCC2)cc1OC.I. The molecule has 0 spiro atoms. The Bertz CT molecular complexity index is 547. The smallest absolute Gasteiger partial charge is 0.189 e. The van der Waals surface area contributed by atoms with Crippen LogP contribution >= 0.6 is 39.9 Å². The number of nitrogens with one attached hydrogen (secondary N) is 1. The Kier molecular flexibility index (Phi) is 9.80. The molecule has 1 aromatic carbocycles. The van der Waals surface area contributed by atoms with Crippen molar-refractivity contribution in [1.82, 2.24) is 5.32 Å². The highest BCUT2D eigenvalue weighted by Gasteiger charge is 2.13. The van der Waals surface area contributed by atoms with Crippen molar-refractivity contribution in [3.05, 3.63) is 22.2 Å². The maximum atomic E-state index is 6.05. The zero-order chi connectivity index (χ0) is 16.7. The zero-order valence-corrected chi connectivity index (χ0v) is 18.2. The van der Waals surface area contributed by atoms with Crippen LogP contribution in [0.2, 0.25) is 0 Å². The Morgan fingerprint density at radius 1 is 1.17 bits per heavy atom. The van der Waals surface area contributed by atoms with E-state index in [0.29, 0.717) is 30.0 Å². The molecular formula is C17H27BrIN3O2. The minimum absolute atomic E-state index is 0. The van der Waals surface area contributed by atoms with Crippen LogP contribution in [0.25, 0.3) is 0 Å². The molecule has 0 heterocycles. The number of halogens is 2. The molecule has 136 valence electrons. The number of nitrogens with two attached hydrogens (primary N) is 1. The number of ether oxygens (including phenoxy) is 2. The number of hydrogen-bond donors (Lipinski definition) is 2. The van der Waals surface area contributed by atoms with E-state index in [1.807, 2.05) is 12.1 Å². The third kappa shape index (κ3) is 6.31. The molecule has 2 rings (SSSR count). The summed E-state index contributed by atoms with van der Waals surface area (Å²) in [5.41, 5.74) is 7.06. The van der Waals surface area contributed by atoms with E-state index in [9.17, 15) is 0 Å². The van der Waals surface area contributed by atoms with Gasteiger partial charge in [0.2, 0.25) is 0 Å². The number of aliphatic imine (C=N–C) groups is 1. The molecule has 1 fully saturated rings. The highest BCUT2D eigenvalue weighted by atomic mass is 127. The van der Waals surface area contributed by atoms with Crippen molar-refractivity contribution in [2.24, 2.45) is 10.7 Å². The summed E-state index contributed by atoms with van der Waals surface area (Å²) < 4.78 is 11.5. The summed E-state index contributed by atoms with van der Waals surface area (Å²) in [4.78, 5) is 4.47. The number of rotatable bonds is 5. The van der Waals surface area contributed by atoms with Crippen LogP contribution in [0.1, 0.15) is 44.1 Å². The minimum atomic E-state index is 0. The Hall–Kier alpha value is -0.700. The van der Waals surface area contributed by atoms with E-state index < -0.39 is 0 Å². The molecular weight excluding hydrogens is 485 g/mol. The van der Waals surface area contributed by atoms with Gasteiger partial charge in [-0.15, -0.1) is 24.0 Å². The number of hydrogen-bond acceptors (Lipinski definition) is 3. The topological polar surface area (TPSA) is 68.9 Å². The largest absolute Gasteiger partial charge is 0.493 e. The molecule has 1 aliphatic carbocycles. The van der Waals surface area contributed by atoms with E-state index >= 15 is 0 Å². The fraction of sp³-hybridized carbons (Fsp3) is 0.588. The van der Waals surface area contributed by atoms with E-state index in [1.165, 1.54) is 38.5 Å². The van der Waals surface area contributed by atoms with Crippen molar-refractivity contribution in [2.45, 2.75) is 51.1 Å². The van der Waals surface area contributed by atoms with E-state index in [1.54, 1.807) is 14.2 Å². The lowest BCUT2D eigenvalue weighted by atomic mass is 10.1. The maximum absolute atomic E-state index is 6.05. The van der Waals surface area contributed by atoms with E-state index in [-0.39, 0.29) is 24.0 Å². The Balaban J connectivity index is 0.00000288. The average molecular weight is 512 g/mol. The first kappa shape index (κ1) is 21.3. The van der Waals surface area contributed by atoms with Gasteiger partial charge in [0.05, 0.1) is 20.8 Å². The highest BCUT2D eigenvalue weighted by molar-refractivity contribution is 14.0. The monoisotopic (exact) mass is 511 g/mol. The van der Waals surface area contributed by atoms with Crippen LogP contribution in [-0.2, 0) is 6.54 Å². The lowest BCUT2D eigenvalue weighted by molar-refractivity contribution is 0.354. The van der Waals surface area contributed by atoms with Crippen LogP contribution in [0.4, 0.5) is 0 Å². The fourth-order valence-corrected chi connectivity index (χ4v) is 3.31. The van der Waals surface area contributed by atoms with Crippen LogP contribution in [0.15, 0.2) is 21.6 Å². The predicted molar refractivity (Wildman–Crippen MR) is 113 cm³/mol. The van der Waals surface area contributed by atoms with Crippen molar-refractivity contribution in [1.29, 1.82) is 0 Å². The normalized spacial score (nSPS) is 16.0. The number of nitrogens with zero attached hydrogens (tertiary/aromatic N) is 1. The molecule has 1 aromatic rings. The van der Waals surface area contributed by atoms with E-state index in [2.05, 4.69) is 26.2 Å². The van der Waals surface area contributed by atoms with Gasteiger partial charge in [0.15, 0.2) is 17.5 Å². The average Bonchev–Trinajstić information content (AvgIpc) is 2.82. The molecule has 0 amide bonds.